The number of imide groups is 1. The minimum atomic E-state index is -0.695. The fraction of sp³-hybridized carbons (Fsp3) is 0.333. The highest BCUT2D eigenvalue weighted by molar-refractivity contribution is 9.10. The summed E-state index contributed by atoms with van der Waals surface area (Å²) < 4.78 is 20.5. The molecule has 0 atom stereocenters. The van der Waals surface area contributed by atoms with Crippen LogP contribution in [0, 0.1) is 0 Å². The molecule has 2 rings (SSSR count). The van der Waals surface area contributed by atoms with Crippen molar-refractivity contribution in [2.45, 2.75) is 6.92 Å². The molecule has 1 heterocycles. The minimum absolute atomic E-state index is 0.141. The topological polar surface area (TPSA) is 108 Å². The Bertz CT molecular complexity index is 870. The summed E-state index contributed by atoms with van der Waals surface area (Å²) in [6.07, 6.45) is 1.49. The number of hydrogen-bond donors (Lipinski definition) is 0. The van der Waals surface area contributed by atoms with E-state index in [1.54, 1.807) is 19.1 Å². The summed E-state index contributed by atoms with van der Waals surface area (Å²) in [5.74, 6) is -1.20. The van der Waals surface area contributed by atoms with Crippen LogP contribution in [0.3, 0.4) is 0 Å². The van der Waals surface area contributed by atoms with Crippen molar-refractivity contribution in [2.24, 2.45) is 0 Å². The maximum Gasteiger partial charge on any atom is 0.344 e. The van der Waals surface area contributed by atoms with Crippen LogP contribution < -0.4 is 9.47 Å². The van der Waals surface area contributed by atoms with E-state index in [0.29, 0.717) is 33.3 Å². The lowest BCUT2D eigenvalue weighted by atomic mass is 10.2. The number of methoxy groups -OCH3 is 2. The second-order valence-electron chi connectivity index (χ2n) is 5.46. The maximum atomic E-state index is 12.4. The van der Waals surface area contributed by atoms with Gasteiger partial charge in [0.05, 0.1) is 25.7 Å². The number of hydrogen-bond acceptors (Lipinski definition) is 9. The predicted molar refractivity (Wildman–Crippen MR) is 108 cm³/mol. The number of ether oxygens (including phenoxy) is 4. The van der Waals surface area contributed by atoms with Gasteiger partial charge in [-0.1, -0.05) is 15.9 Å². The van der Waals surface area contributed by atoms with Crippen LogP contribution in [0.5, 0.6) is 11.5 Å². The standard InChI is InChI=1S/C18H18BrNO8S/c1-4-27-16(22)9-28-13-7-11(19)10(5-12(13)25-2)6-14-17(23)20(18(24)29-14)8-15(21)26-3/h5-7H,4,8-9H2,1-3H3/b14-6+. The third-order valence-corrected chi connectivity index (χ3v) is 5.20. The average molecular weight is 488 g/mol. The van der Waals surface area contributed by atoms with Gasteiger partial charge in [-0.3, -0.25) is 19.3 Å². The van der Waals surface area contributed by atoms with Gasteiger partial charge in [0.1, 0.15) is 6.54 Å². The van der Waals surface area contributed by atoms with Crippen LogP contribution in [0.25, 0.3) is 6.08 Å². The number of rotatable bonds is 8. The molecule has 0 radical (unpaired) electrons. The number of halogens is 1. The number of nitrogens with zero attached hydrogens (tertiary/aromatic N) is 1. The highest BCUT2D eigenvalue weighted by atomic mass is 79.9. The van der Waals surface area contributed by atoms with Crippen molar-refractivity contribution >= 4 is 56.9 Å². The first-order valence-corrected chi connectivity index (χ1v) is 9.89. The first-order valence-electron chi connectivity index (χ1n) is 8.28. The van der Waals surface area contributed by atoms with Crippen molar-refractivity contribution in [1.29, 1.82) is 0 Å². The minimum Gasteiger partial charge on any atom is -0.493 e. The van der Waals surface area contributed by atoms with Gasteiger partial charge in [-0.15, -0.1) is 0 Å². The molecule has 0 saturated carbocycles. The summed E-state index contributed by atoms with van der Waals surface area (Å²) in [4.78, 5) is 48.3. The van der Waals surface area contributed by atoms with Gasteiger partial charge in [0, 0.05) is 4.47 Å². The van der Waals surface area contributed by atoms with Crippen molar-refractivity contribution in [2.75, 3.05) is 34.0 Å². The maximum absolute atomic E-state index is 12.4. The Hall–Kier alpha value is -2.53. The largest absolute Gasteiger partial charge is 0.493 e. The van der Waals surface area contributed by atoms with E-state index >= 15 is 0 Å². The number of esters is 2. The Balaban J connectivity index is 2.24. The van der Waals surface area contributed by atoms with Gasteiger partial charge in [-0.25, -0.2) is 4.79 Å². The van der Waals surface area contributed by atoms with Gasteiger partial charge in [0.25, 0.3) is 11.1 Å². The third-order valence-electron chi connectivity index (χ3n) is 3.61. The first-order chi connectivity index (χ1) is 13.8. The number of benzene rings is 1. The molecule has 0 spiro atoms. The fourth-order valence-electron chi connectivity index (χ4n) is 2.24. The molecule has 1 fully saturated rings. The van der Waals surface area contributed by atoms with E-state index in [1.165, 1.54) is 20.3 Å². The highest BCUT2D eigenvalue weighted by Crippen LogP contribution is 2.38. The van der Waals surface area contributed by atoms with E-state index in [2.05, 4.69) is 20.7 Å². The van der Waals surface area contributed by atoms with E-state index in [-0.39, 0.29) is 18.1 Å². The summed E-state index contributed by atoms with van der Waals surface area (Å²) in [5, 5.41) is -0.566. The molecule has 1 saturated heterocycles. The van der Waals surface area contributed by atoms with Gasteiger partial charge in [0.15, 0.2) is 18.1 Å². The van der Waals surface area contributed by atoms with E-state index in [0.717, 1.165) is 4.90 Å². The lowest BCUT2D eigenvalue weighted by molar-refractivity contribution is -0.145. The molecule has 1 aromatic rings. The molecule has 0 unspecified atom stereocenters. The smallest absolute Gasteiger partial charge is 0.344 e. The quantitative estimate of drug-likeness (QED) is 0.403. The Morgan fingerprint density at radius 3 is 2.52 bits per heavy atom. The number of carbonyl (C=O) groups excluding carboxylic acids is 4. The molecule has 11 heteroatoms. The second kappa shape index (κ2) is 10.3. The molecule has 0 aliphatic carbocycles. The molecule has 156 valence electrons. The zero-order chi connectivity index (χ0) is 21.6. The van der Waals surface area contributed by atoms with E-state index in [9.17, 15) is 19.2 Å². The molecule has 29 heavy (non-hydrogen) atoms. The molecule has 1 aromatic carbocycles. The molecule has 2 amide bonds. The normalized spacial score (nSPS) is 14.9. The highest BCUT2D eigenvalue weighted by Gasteiger charge is 2.36. The molecule has 0 bridgehead atoms. The second-order valence-corrected chi connectivity index (χ2v) is 7.31. The van der Waals surface area contributed by atoms with Crippen LogP contribution in [0.1, 0.15) is 12.5 Å². The monoisotopic (exact) mass is 487 g/mol. The summed E-state index contributed by atoms with van der Waals surface area (Å²) in [7, 11) is 2.60. The average Bonchev–Trinajstić information content (AvgIpc) is 2.95. The lowest BCUT2D eigenvalue weighted by Crippen LogP contribution is -2.34. The van der Waals surface area contributed by atoms with Gasteiger partial charge < -0.3 is 18.9 Å². The van der Waals surface area contributed by atoms with E-state index in [4.69, 9.17) is 14.2 Å². The van der Waals surface area contributed by atoms with Crippen LogP contribution in [0.2, 0.25) is 0 Å². The molecular weight excluding hydrogens is 470 g/mol. The van der Waals surface area contributed by atoms with Gasteiger partial charge >= 0.3 is 11.9 Å². The van der Waals surface area contributed by atoms with Gasteiger partial charge in [-0.2, -0.15) is 0 Å². The van der Waals surface area contributed by atoms with Crippen molar-refractivity contribution in [3.63, 3.8) is 0 Å². The molecule has 9 nitrogen and oxygen atoms in total. The Morgan fingerprint density at radius 2 is 1.90 bits per heavy atom. The summed E-state index contributed by atoms with van der Waals surface area (Å²) in [6.45, 7) is 1.19. The van der Waals surface area contributed by atoms with E-state index < -0.39 is 29.6 Å². The Labute approximate surface area is 179 Å². The molecule has 0 N–H and O–H groups in total. The van der Waals surface area contributed by atoms with Gasteiger partial charge in [0.2, 0.25) is 0 Å². The van der Waals surface area contributed by atoms with Crippen molar-refractivity contribution in [1.82, 2.24) is 4.90 Å². The zero-order valence-electron chi connectivity index (χ0n) is 15.9. The van der Waals surface area contributed by atoms with Crippen LogP contribution >= 0.6 is 27.7 Å². The zero-order valence-corrected chi connectivity index (χ0v) is 18.3. The Morgan fingerprint density at radius 1 is 1.17 bits per heavy atom. The van der Waals surface area contributed by atoms with Crippen LogP contribution in [-0.2, 0) is 23.9 Å². The molecule has 0 aromatic heterocycles. The summed E-state index contributed by atoms with van der Waals surface area (Å²) >= 11 is 4.08. The number of carbonyl (C=O) groups is 4. The van der Waals surface area contributed by atoms with Crippen LogP contribution in [0.4, 0.5) is 4.79 Å². The number of amides is 2. The Kier molecular flexibility index (Phi) is 8.09. The number of thioether (sulfide) groups is 1. The van der Waals surface area contributed by atoms with Crippen LogP contribution in [-0.4, -0.2) is 62.0 Å². The van der Waals surface area contributed by atoms with Crippen LogP contribution in [0.15, 0.2) is 21.5 Å². The van der Waals surface area contributed by atoms with Crippen molar-refractivity contribution in [3.8, 4) is 11.5 Å². The van der Waals surface area contributed by atoms with E-state index in [1.807, 2.05) is 0 Å². The summed E-state index contributed by atoms with van der Waals surface area (Å²) in [5.41, 5.74) is 0.536. The predicted octanol–water partition coefficient (Wildman–Crippen LogP) is 2.61. The molecular formula is C18H18BrNO8S. The first kappa shape index (κ1) is 22.8. The summed E-state index contributed by atoms with van der Waals surface area (Å²) in [6, 6.07) is 3.15. The molecule has 1 aliphatic heterocycles. The molecule has 1 aliphatic rings. The third kappa shape index (κ3) is 5.73. The van der Waals surface area contributed by atoms with Crippen molar-refractivity contribution in [3.05, 3.63) is 27.1 Å². The SMILES string of the molecule is CCOC(=O)COc1cc(Br)c(/C=C2/SC(=O)N(CC(=O)OC)C2=O)cc1OC. The lowest BCUT2D eigenvalue weighted by Gasteiger charge is -2.12. The fourth-order valence-corrected chi connectivity index (χ4v) is 3.51. The van der Waals surface area contributed by atoms with Crippen molar-refractivity contribution < 1.29 is 38.1 Å². The van der Waals surface area contributed by atoms with Gasteiger partial charge in [-0.05, 0) is 42.5 Å².